The molecule has 1 rings (SSSR count). The second-order valence-electron chi connectivity index (χ2n) is 4.19. The largest absolute Gasteiger partial charge is 0.396 e. The molecule has 0 bridgehead atoms. The van der Waals surface area contributed by atoms with Gasteiger partial charge < -0.3 is 5.11 Å². The van der Waals surface area contributed by atoms with Crippen LogP contribution in [0, 0.1) is 17.8 Å². The highest BCUT2D eigenvalue weighted by molar-refractivity contribution is 5.10. The third-order valence-electron chi connectivity index (χ3n) is 3.20. The molecular weight excluding hydrogens is 148 g/mol. The summed E-state index contributed by atoms with van der Waals surface area (Å²) in [5.74, 6) is 2.14. The number of hydrogen-bond donors (Lipinski definition) is 1. The molecule has 70 valence electrons. The van der Waals surface area contributed by atoms with E-state index in [0.717, 1.165) is 18.3 Å². The Morgan fingerprint density at radius 1 is 1.50 bits per heavy atom. The maximum absolute atomic E-state index is 8.86. The topological polar surface area (TPSA) is 20.2 Å². The summed E-state index contributed by atoms with van der Waals surface area (Å²) in [5, 5.41) is 8.86. The molecule has 0 aliphatic heterocycles. The SMILES string of the molecule is CC1=CC(C)C(C)CC1CCO. The normalized spacial score (nSPS) is 36.3. The predicted octanol–water partition coefficient (Wildman–Crippen LogP) is 2.61. The fourth-order valence-corrected chi connectivity index (χ4v) is 2.07. The second kappa shape index (κ2) is 4.08. The first-order valence-electron chi connectivity index (χ1n) is 4.94. The van der Waals surface area contributed by atoms with Crippen LogP contribution in [0.1, 0.15) is 33.6 Å². The van der Waals surface area contributed by atoms with Crippen molar-refractivity contribution < 1.29 is 5.11 Å². The van der Waals surface area contributed by atoms with Crippen LogP contribution >= 0.6 is 0 Å². The Balaban J connectivity index is 2.61. The first-order chi connectivity index (χ1) is 5.65. The highest BCUT2D eigenvalue weighted by Gasteiger charge is 2.22. The van der Waals surface area contributed by atoms with E-state index in [1.165, 1.54) is 12.0 Å². The lowest BCUT2D eigenvalue weighted by Crippen LogP contribution is -2.20. The van der Waals surface area contributed by atoms with Crippen LogP contribution in [-0.4, -0.2) is 11.7 Å². The Bertz CT molecular complexity index is 172. The third kappa shape index (κ3) is 2.10. The van der Waals surface area contributed by atoms with Gasteiger partial charge in [0.25, 0.3) is 0 Å². The molecule has 1 aliphatic rings. The van der Waals surface area contributed by atoms with E-state index in [-0.39, 0.29) is 0 Å². The molecule has 0 amide bonds. The number of aliphatic hydroxyl groups is 1. The van der Waals surface area contributed by atoms with Crippen LogP contribution in [0.5, 0.6) is 0 Å². The average Bonchev–Trinajstić information content (AvgIpc) is 2.01. The molecule has 1 heteroatoms. The number of rotatable bonds is 2. The molecule has 0 aromatic heterocycles. The van der Waals surface area contributed by atoms with Crippen molar-refractivity contribution in [2.75, 3.05) is 6.61 Å². The Morgan fingerprint density at radius 3 is 2.75 bits per heavy atom. The van der Waals surface area contributed by atoms with Crippen molar-refractivity contribution in [1.82, 2.24) is 0 Å². The second-order valence-corrected chi connectivity index (χ2v) is 4.19. The van der Waals surface area contributed by atoms with Crippen molar-refractivity contribution in [2.45, 2.75) is 33.6 Å². The minimum absolute atomic E-state index is 0.330. The van der Waals surface area contributed by atoms with Gasteiger partial charge in [0.1, 0.15) is 0 Å². The molecule has 0 saturated heterocycles. The van der Waals surface area contributed by atoms with E-state index in [0.29, 0.717) is 12.5 Å². The molecule has 0 spiro atoms. The van der Waals surface area contributed by atoms with Crippen LogP contribution in [0.25, 0.3) is 0 Å². The van der Waals surface area contributed by atoms with Gasteiger partial charge in [-0.15, -0.1) is 0 Å². The molecule has 1 aliphatic carbocycles. The number of hydrogen-bond acceptors (Lipinski definition) is 1. The van der Waals surface area contributed by atoms with Crippen LogP contribution in [0.15, 0.2) is 11.6 Å². The molecule has 0 radical (unpaired) electrons. The van der Waals surface area contributed by atoms with Crippen LogP contribution < -0.4 is 0 Å². The van der Waals surface area contributed by atoms with Crippen LogP contribution in [0.2, 0.25) is 0 Å². The lowest BCUT2D eigenvalue weighted by molar-refractivity contribution is 0.239. The molecule has 0 saturated carbocycles. The van der Waals surface area contributed by atoms with E-state index in [2.05, 4.69) is 26.8 Å². The Kier molecular flexibility index (Phi) is 3.33. The Hall–Kier alpha value is -0.300. The molecule has 3 atom stereocenters. The maximum atomic E-state index is 8.86. The smallest absolute Gasteiger partial charge is 0.0436 e. The quantitative estimate of drug-likeness (QED) is 0.628. The van der Waals surface area contributed by atoms with Crippen LogP contribution in [0.4, 0.5) is 0 Å². The summed E-state index contributed by atoms with van der Waals surface area (Å²) in [6.07, 6.45) is 4.57. The van der Waals surface area contributed by atoms with Gasteiger partial charge in [-0.25, -0.2) is 0 Å². The minimum atomic E-state index is 0.330. The third-order valence-corrected chi connectivity index (χ3v) is 3.20. The maximum Gasteiger partial charge on any atom is 0.0436 e. The molecule has 0 heterocycles. The summed E-state index contributed by atoms with van der Waals surface area (Å²) in [6.45, 7) is 7.11. The zero-order valence-electron chi connectivity index (χ0n) is 8.38. The predicted molar refractivity (Wildman–Crippen MR) is 51.9 cm³/mol. The molecule has 1 nitrogen and oxygen atoms in total. The van der Waals surface area contributed by atoms with Gasteiger partial charge in [-0.3, -0.25) is 0 Å². The monoisotopic (exact) mass is 168 g/mol. The van der Waals surface area contributed by atoms with Crippen molar-refractivity contribution >= 4 is 0 Å². The summed E-state index contributed by atoms with van der Waals surface area (Å²) in [6, 6.07) is 0. The summed E-state index contributed by atoms with van der Waals surface area (Å²) >= 11 is 0. The molecule has 0 fully saturated rings. The first kappa shape index (κ1) is 9.79. The van der Waals surface area contributed by atoms with E-state index in [9.17, 15) is 0 Å². The fraction of sp³-hybridized carbons (Fsp3) is 0.818. The van der Waals surface area contributed by atoms with Crippen molar-refractivity contribution in [3.8, 4) is 0 Å². The molecule has 0 aromatic rings. The lowest BCUT2D eigenvalue weighted by Gasteiger charge is -2.30. The summed E-state index contributed by atoms with van der Waals surface area (Å²) in [7, 11) is 0. The minimum Gasteiger partial charge on any atom is -0.396 e. The molecule has 1 N–H and O–H groups in total. The average molecular weight is 168 g/mol. The van der Waals surface area contributed by atoms with Gasteiger partial charge in [-0.1, -0.05) is 25.5 Å². The van der Waals surface area contributed by atoms with Crippen LogP contribution in [0.3, 0.4) is 0 Å². The van der Waals surface area contributed by atoms with Gasteiger partial charge in [0, 0.05) is 6.61 Å². The molecular formula is C11H20O. The highest BCUT2D eigenvalue weighted by Crippen LogP contribution is 2.33. The van der Waals surface area contributed by atoms with E-state index < -0.39 is 0 Å². The van der Waals surface area contributed by atoms with Crippen molar-refractivity contribution in [3.63, 3.8) is 0 Å². The fourth-order valence-electron chi connectivity index (χ4n) is 2.07. The zero-order valence-corrected chi connectivity index (χ0v) is 8.38. The van der Waals surface area contributed by atoms with E-state index in [1.807, 2.05) is 0 Å². The van der Waals surface area contributed by atoms with Crippen molar-refractivity contribution in [1.29, 1.82) is 0 Å². The van der Waals surface area contributed by atoms with Crippen LogP contribution in [-0.2, 0) is 0 Å². The molecule has 3 unspecified atom stereocenters. The summed E-state index contributed by atoms with van der Waals surface area (Å²) < 4.78 is 0. The lowest BCUT2D eigenvalue weighted by atomic mass is 9.76. The molecule has 12 heavy (non-hydrogen) atoms. The van der Waals surface area contributed by atoms with Crippen molar-refractivity contribution in [2.24, 2.45) is 17.8 Å². The number of allylic oxidation sites excluding steroid dienone is 2. The summed E-state index contributed by atoms with van der Waals surface area (Å²) in [5.41, 5.74) is 1.48. The van der Waals surface area contributed by atoms with Gasteiger partial charge in [-0.05, 0) is 37.5 Å². The van der Waals surface area contributed by atoms with Gasteiger partial charge >= 0.3 is 0 Å². The van der Waals surface area contributed by atoms with Gasteiger partial charge in [0.2, 0.25) is 0 Å². The van der Waals surface area contributed by atoms with Crippen molar-refractivity contribution in [3.05, 3.63) is 11.6 Å². The summed E-state index contributed by atoms with van der Waals surface area (Å²) in [4.78, 5) is 0. The molecule has 0 aromatic carbocycles. The standard InChI is InChI=1S/C11H20O/c1-8-6-10(3)11(4-5-12)7-9(8)2/h6,8-9,11-12H,4-5,7H2,1-3H3. The van der Waals surface area contributed by atoms with Gasteiger partial charge in [0.15, 0.2) is 0 Å². The van der Waals surface area contributed by atoms with Gasteiger partial charge in [-0.2, -0.15) is 0 Å². The van der Waals surface area contributed by atoms with E-state index >= 15 is 0 Å². The van der Waals surface area contributed by atoms with E-state index in [4.69, 9.17) is 5.11 Å². The number of aliphatic hydroxyl groups excluding tert-OH is 1. The zero-order chi connectivity index (χ0) is 9.14. The highest BCUT2D eigenvalue weighted by atomic mass is 16.3. The first-order valence-corrected chi connectivity index (χ1v) is 4.94. The van der Waals surface area contributed by atoms with E-state index in [1.54, 1.807) is 0 Å². The van der Waals surface area contributed by atoms with Gasteiger partial charge in [0.05, 0.1) is 0 Å². The Morgan fingerprint density at radius 2 is 2.17 bits per heavy atom. The Labute approximate surface area is 75.5 Å².